The van der Waals surface area contributed by atoms with Gasteiger partial charge in [0.2, 0.25) is 0 Å². The summed E-state index contributed by atoms with van der Waals surface area (Å²) in [4.78, 5) is 17.7. The Balaban J connectivity index is 1.85. The van der Waals surface area contributed by atoms with Crippen molar-refractivity contribution in [2.24, 2.45) is 4.99 Å². The van der Waals surface area contributed by atoms with Crippen molar-refractivity contribution in [1.29, 1.82) is 0 Å². The van der Waals surface area contributed by atoms with Crippen LogP contribution in [0.1, 0.15) is 15.9 Å². The van der Waals surface area contributed by atoms with Gasteiger partial charge < -0.3 is 9.80 Å². The molecule has 2 unspecified atom stereocenters. The largest absolute Gasteiger partial charge is 0.417 e. The molecule has 1 amide bonds. The molecule has 1 saturated heterocycles. The van der Waals surface area contributed by atoms with Crippen molar-refractivity contribution in [3.8, 4) is 0 Å². The Bertz CT molecular complexity index is 797. The van der Waals surface area contributed by atoms with E-state index in [0.717, 1.165) is 23.1 Å². The molecule has 0 saturated carbocycles. The summed E-state index contributed by atoms with van der Waals surface area (Å²) >= 11 is 8.73. The van der Waals surface area contributed by atoms with Crippen LogP contribution < -0.4 is 0 Å². The maximum Gasteiger partial charge on any atom is 0.417 e. The molecule has 148 valence electrons. The Hall–Kier alpha value is -1.49. The van der Waals surface area contributed by atoms with Crippen LogP contribution in [0.2, 0.25) is 5.02 Å². The molecule has 3 rings (SSSR count). The van der Waals surface area contributed by atoms with Crippen LogP contribution in [0, 0.1) is 0 Å². The number of alkyl halides is 7. The van der Waals surface area contributed by atoms with Gasteiger partial charge in [-0.1, -0.05) is 33.6 Å². The number of nitrogens with zero attached hydrogens (tertiary/aromatic N) is 3. The first-order valence-electron chi connectivity index (χ1n) is 7.60. The summed E-state index contributed by atoms with van der Waals surface area (Å²) in [6.07, 6.45) is -9.29. The van der Waals surface area contributed by atoms with E-state index in [9.17, 15) is 31.1 Å². The van der Waals surface area contributed by atoms with Gasteiger partial charge in [0.25, 0.3) is 5.91 Å². The topological polar surface area (TPSA) is 35.9 Å². The van der Waals surface area contributed by atoms with Crippen LogP contribution in [-0.4, -0.2) is 58.3 Å². The Morgan fingerprint density at radius 3 is 2.44 bits per heavy atom. The van der Waals surface area contributed by atoms with E-state index < -0.39 is 39.8 Å². The van der Waals surface area contributed by atoms with Crippen LogP contribution >= 0.6 is 27.5 Å². The molecule has 0 bridgehead atoms. The highest BCUT2D eigenvalue weighted by atomic mass is 79.9. The quantitative estimate of drug-likeness (QED) is 0.345. The number of aliphatic imine (C=N–C) groups is 1. The minimum Gasteiger partial charge on any atom is -0.342 e. The van der Waals surface area contributed by atoms with Crippen LogP contribution in [0.15, 0.2) is 23.2 Å². The molecule has 2 atom stereocenters. The highest BCUT2D eigenvalue weighted by Gasteiger charge is 2.51. The third kappa shape index (κ3) is 3.75. The van der Waals surface area contributed by atoms with E-state index in [1.165, 1.54) is 4.90 Å². The number of hydrogen-bond donors (Lipinski definition) is 0. The zero-order valence-corrected chi connectivity index (χ0v) is 15.6. The number of rotatable bonds is 1. The van der Waals surface area contributed by atoms with E-state index in [-0.39, 0.29) is 31.0 Å². The van der Waals surface area contributed by atoms with Crippen molar-refractivity contribution in [2.75, 3.05) is 19.6 Å². The molecule has 2 aliphatic heterocycles. The molecule has 2 aliphatic rings. The number of hydrogen-bond acceptors (Lipinski definition) is 3. The maximum absolute atomic E-state index is 13.0. The SMILES string of the molecule is O=C(c1cccc(C(F)(F)F)c1Cl)N1CCN2C(=NC(C(F)(F)F)C2Br)C1. The Morgan fingerprint density at radius 2 is 1.85 bits per heavy atom. The van der Waals surface area contributed by atoms with E-state index in [0.29, 0.717) is 0 Å². The van der Waals surface area contributed by atoms with Gasteiger partial charge in [-0.15, -0.1) is 0 Å². The number of benzene rings is 1. The molecular formula is C15H11BrClF6N3O. The average molecular weight is 479 g/mol. The molecular weight excluding hydrogens is 468 g/mol. The molecule has 12 heteroatoms. The fourth-order valence-electron chi connectivity index (χ4n) is 2.96. The number of carbonyl (C=O) groups is 1. The van der Waals surface area contributed by atoms with E-state index in [1.54, 1.807) is 0 Å². The van der Waals surface area contributed by atoms with Crippen LogP contribution in [0.25, 0.3) is 0 Å². The molecule has 1 fully saturated rings. The number of halogens is 8. The Morgan fingerprint density at radius 1 is 1.19 bits per heavy atom. The number of piperazine rings is 1. The van der Waals surface area contributed by atoms with E-state index in [1.807, 2.05) is 0 Å². The summed E-state index contributed by atoms with van der Waals surface area (Å²) < 4.78 is 77.9. The van der Waals surface area contributed by atoms with Gasteiger partial charge >= 0.3 is 12.4 Å². The standard InChI is InChI=1S/C15H11BrClF6N3O/c16-12-11(15(21,22)23)24-9-6-25(4-5-26(9)12)13(27)7-2-1-3-8(10(7)17)14(18,19)20/h1-3,11-12H,4-6H2. The van der Waals surface area contributed by atoms with Gasteiger partial charge in [-0.05, 0) is 12.1 Å². The van der Waals surface area contributed by atoms with Gasteiger partial charge in [0.05, 0.1) is 22.7 Å². The lowest BCUT2D eigenvalue weighted by atomic mass is 10.1. The number of fused-ring (bicyclic) bond motifs is 1. The minimum absolute atomic E-state index is 0.0249. The molecule has 1 aromatic rings. The van der Waals surface area contributed by atoms with Crippen molar-refractivity contribution < 1.29 is 31.1 Å². The third-order valence-corrected chi connectivity index (χ3v) is 5.68. The molecule has 0 spiro atoms. The first kappa shape index (κ1) is 20.2. The molecule has 0 aromatic heterocycles. The number of amides is 1. The first-order valence-corrected chi connectivity index (χ1v) is 8.89. The van der Waals surface area contributed by atoms with Crippen molar-refractivity contribution in [3.05, 3.63) is 34.3 Å². The lowest BCUT2D eigenvalue weighted by Gasteiger charge is -2.36. The molecule has 0 radical (unpaired) electrons. The zero-order valence-electron chi connectivity index (χ0n) is 13.3. The van der Waals surface area contributed by atoms with Crippen molar-refractivity contribution in [1.82, 2.24) is 9.80 Å². The average Bonchev–Trinajstić information content (AvgIpc) is 2.90. The smallest absolute Gasteiger partial charge is 0.342 e. The highest BCUT2D eigenvalue weighted by Crippen LogP contribution is 2.38. The van der Waals surface area contributed by atoms with Crippen LogP contribution in [0.4, 0.5) is 26.3 Å². The predicted octanol–water partition coefficient (Wildman–Crippen LogP) is 4.18. The Kier molecular flexibility index (Phi) is 5.13. The van der Waals surface area contributed by atoms with Crippen molar-refractivity contribution in [3.63, 3.8) is 0 Å². The summed E-state index contributed by atoms with van der Waals surface area (Å²) in [6, 6.07) is 0.981. The summed E-state index contributed by atoms with van der Waals surface area (Å²) in [5, 5.41) is -0.739. The first-order chi connectivity index (χ1) is 12.4. The lowest BCUT2D eigenvalue weighted by Crippen LogP contribution is -2.53. The summed E-state index contributed by atoms with van der Waals surface area (Å²) in [6.45, 7) is -0.166. The second kappa shape index (κ2) is 6.84. The summed E-state index contributed by atoms with van der Waals surface area (Å²) in [5.41, 5.74) is -1.51. The van der Waals surface area contributed by atoms with Crippen molar-refractivity contribution >= 4 is 39.3 Å². The fourth-order valence-corrected chi connectivity index (χ4v) is 4.13. The number of amidine groups is 1. The summed E-state index contributed by atoms with van der Waals surface area (Å²) in [5.74, 6) is -0.753. The summed E-state index contributed by atoms with van der Waals surface area (Å²) in [7, 11) is 0. The second-order valence-corrected chi connectivity index (χ2v) is 7.31. The highest BCUT2D eigenvalue weighted by molar-refractivity contribution is 9.09. The number of carbonyl (C=O) groups excluding carboxylic acids is 1. The molecule has 27 heavy (non-hydrogen) atoms. The van der Waals surface area contributed by atoms with Gasteiger partial charge in [0.15, 0.2) is 6.04 Å². The van der Waals surface area contributed by atoms with Crippen LogP contribution in [-0.2, 0) is 6.18 Å². The predicted molar refractivity (Wildman–Crippen MR) is 89.1 cm³/mol. The van der Waals surface area contributed by atoms with E-state index in [4.69, 9.17) is 11.6 Å². The van der Waals surface area contributed by atoms with E-state index >= 15 is 0 Å². The molecule has 0 N–H and O–H groups in total. The molecule has 1 aromatic carbocycles. The van der Waals surface area contributed by atoms with Gasteiger partial charge in [0, 0.05) is 13.1 Å². The maximum atomic E-state index is 13.0. The lowest BCUT2D eigenvalue weighted by molar-refractivity contribution is -0.148. The van der Waals surface area contributed by atoms with E-state index in [2.05, 4.69) is 20.9 Å². The Labute approximate surface area is 162 Å². The minimum atomic E-state index is -4.73. The normalized spacial score (nSPS) is 23.3. The van der Waals surface area contributed by atoms with Crippen LogP contribution in [0.3, 0.4) is 0 Å². The molecule has 2 heterocycles. The van der Waals surface area contributed by atoms with Gasteiger partial charge in [0.1, 0.15) is 10.8 Å². The second-order valence-electron chi connectivity index (χ2n) is 5.99. The van der Waals surface area contributed by atoms with Crippen molar-refractivity contribution in [2.45, 2.75) is 23.3 Å². The third-order valence-electron chi connectivity index (χ3n) is 4.28. The van der Waals surface area contributed by atoms with Gasteiger partial charge in [-0.25, -0.2) is 0 Å². The van der Waals surface area contributed by atoms with Gasteiger partial charge in [-0.3, -0.25) is 9.79 Å². The zero-order chi connectivity index (χ0) is 20.1. The fraction of sp³-hybridized carbons (Fsp3) is 0.467. The monoisotopic (exact) mass is 477 g/mol. The molecule has 0 aliphatic carbocycles. The van der Waals surface area contributed by atoms with Crippen LogP contribution in [0.5, 0.6) is 0 Å². The van der Waals surface area contributed by atoms with Gasteiger partial charge in [-0.2, -0.15) is 26.3 Å². The molecule has 4 nitrogen and oxygen atoms in total.